The predicted octanol–water partition coefficient (Wildman–Crippen LogP) is 2.13. The van der Waals surface area contributed by atoms with E-state index < -0.39 is 0 Å². The van der Waals surface area contributed by atoms with Crippen LogP contribution in [0.1, 0.15) is 19.7 Å². The molecule has 0 saturated heterocycles. The number of imidazole rings is 1. The molecule has 0 amide bonds. The molecule has 0 radical (unpaired) electrons. The summed E-state index contributed by atoms with van der Waals surface area (Å²) in [5, 5.41) is 0.601. The first-order chi connectivity index (χ1) is 7.37. The zero-order valence-corrected chi connectivity index (χ0v) is 10.4. The zero-order valence-electron chi connectivity index (χ0n) is 9.66. The van der Waals surface area contributed by atoms with Gasteiger partial charge in [0, 0.05) is 18.3 Å². The molecule has 86 valence electrons. The summed E-state index contributed by atoms with van der Waals surface area (Å²) in [5.74, 6) is 0.906. The predicted molar refractivity (Wildman–Crippen MR) is 65.5 cm³/mol. The number of fused-ring (bicyclic) bond motifs is 1. The number of nitrogens with zero attached hydrogens (tertiary/aromatic N) is 3. The fourth-order valence-electron chi connectivity index (χ4n) is 1.70. The summed E-state index contributed by atoms with van der Waals surface area (Å²) in [6.45, 7) is 6.59. The molecule has 2 N–H and O–H groups in total. The number of nitrogens with two attached hydrogens (primary N) is 1. The molecule has 0 aromatic carbocycles. The number of rotatable bonds is 2. The van der Waals surface area contributed by atoms with Gasteiger partial charge in [-0.2, -0.15) is 0 Å². The normalized spacial score (nSPS) is 12.3. The van der Waals surface area contributed by atoms with E-state index in [1.54, 1.807) is 6.20 Å². The molecular formula is C11H15ClN4. The van der Waals surface area contributed by atoms with Crippen LogP contribution in [0.3, 0.4) is 0 Å². The summed E-state index contributed by atoms with van der Waals surface area (Å²) >= 11 is 5.88. The molecule has 4 nitrogen and oxygen atoms in total. The third-order valence-electron chi connectivity index (χ3n) is 2.31. The molecule has 0 unspecified atom stereocenters. The van der Waals surface area contributed by atoms with E-state index in [1.165, 1.54) is 0 Å². The first-order valence-electron chi connectivity index (χ1n) is 5.14. The van der Waals surface area contributed by atoms with E-state index in [0.29, 0.717) is 11.6 Å². The molecule has 2 heterocycles. The quantitative estimate of drug-likeness (QED) is 0.872. The van der Waals surface area contributed by atoms with Crippen molar-refractivity contribution in [2.24, 2.45) is 5.73 Å². The maximum absolute atomic E-state index is 6.01. The number of hydrogen-bond acceptors (Lipinski definition) is 3. The molecule has 0 fully saturated rings. The second-order valence-electron chi connectivity index (χ2n) is 4.73. The molecule has 0 bridgehead atoms. The van der Waals surface area contributed by atoms with Gasteiger partial charge in [0.15, 0.2) is 5.65 Å². The summed E-state index contributed by atoms with van der Waals surface area (Å²) in [5.41, 5.74) is 7.37. The third kappa shape index (κ3) is 2.18. The van der Waals surface area contributed by atoms with E-state index >= 15 is 0 Å². The Morgan fingerprint density at radius 3 is 2.81 bits per heavy atom. The molecule has 0 saturated carbocycles. The van der Waals surface area contributed by atoms with Crippen molar-refractivity contribution in [3.63, 3.8) is 0 Å². The Morgan fingerprint density at radius 2 is 2.19 bits per heavy atom. The van der Waals surface area contributed by atoms with Crippen LogP contribution >= 0.6 is 11.6 Å². The minimum atomic E-state index is -0.292. The van der Waals surface area contributed by atoms with Gasteiger partial charge in [-0.25, -0.2) is 9.97 Å². The summed E-state index contributed by atoms with van der Waals surface area (Å²) in [7, 11) is 0. The van der Waals surface area contributed by atoms with E-state index in [2.05, 4.69) is 9.97 Å². The van der Waals surface area contributed by atoms with Gasteiger partial charge in [0.2, 0.25) is 0 Å². The van der Waals surface area contributed by atoms with Gasteiger partial charge in [-0.05, 0) is 26.8 Å². The number of pyridine rings is 1. The van der Waals surface area contributed by atoms with Crippen molar-refractivity contribution in [1.82, 2.24) is 14.5 Å². The maximum Gasteiger partial charge on any atom is 0.160 e. The van der Waals surface area contributed by atoms with Gasteiger partial charge < -0.3 is 10.3 Å². The van der Waals surface area contributed by atoms with E-state index in [0.717, 1.165) is 17.0 Å². The highest BCUT2D eigenvalue weighted by Crippen LogP contribution is 2.19. The van der Waals surface area contributed by atoms with Crippen molar-refractivity contribution in [2.45, 2.75) is 32.9 Å². The summed E-state index contributed by atoms with van der Waals surface area (Å²) in [6, 6.07) is 1.82. The maximum atomic E-state index is 6.01. The number of halogens is 1. The van der Waals surface area contributed by atoms with Gasteiger partial charge >= 0.3 is 0 Å². The lowest BCUT2D eigenvalue weighted by Gasteiger charge is -2.20. The molecule has 0 aliphatic carbocycles. The van der Waals surface area contributed by atoms with Crippen molar-refractivity contribution in [2.75, 3.05) is 0 Å². The van der Waals surface area contributed by atoms with Crippen molar-refractivity contribution in [3.8, 4) is 0 Å². The summed E-state index contributed by atoms with van der Waals surface area (Å²) in [4.78, 5) is 8.72. The lowest BCUT2D eigenvalue weighted by Crippen LogP contribution is -2.37. The Hall–Kier alpha value is -1.13. The Bertz CT molecular complexity index is 524. The Kier molecular flexibility index (Phi) is 2.64. The van der Waals surface area contributed by atoms with Gasteiger partial charge in [-0.3, -0.25) is 0 Å². The Labute approximate surface area is 99.4 Å². The van der Waals surface area contributed by atoms with Crippen LogP contribution in [-0.4, -0.2) is 20.1 Å². The third-order valence-corrected chi connectivity index (χ3v) is 2.51. The monoisotopic (exact) mass is 238 g/mol. The highest BCUT2D eigenvalue weighted by atomic mass is 35.5. The van der Waals surface area contributed by atoms with Crippen molar-refractivity contribution >= 4 is 22.8 Å². The van der Waals surface area contributed by atoms with E-state index in [9.17, 15) is 0 Å². The second kappa shape index (κ2) is 3.71. The fraction of sp³-hybridized carbons (Fsp3) is 0.455. The zero-order chi connectivity index (χ0) is 11.9. The van der Waals surface area contributed by atoms with E-state index in [-0.39, 0.29) is 5.54 Å². The molecule has 16 heavy (non-hydrogen) atoms. The average molecular weight is 239 g/mol. The van der Waals surface area contributed by atoms with Gasteiger partial charge in [0.1, 0.15) is 11.3 Å². The fourth-order valence-corrected chi connectivity index (χ4v) is 1.85. The lowest BCUT2D eigenvalue weighted by molar-refractivity contribution is 0.434. The molecule has 0 spiro atoms. The van der Waals surface area contributed by atoms with Crippen LogP contribution in [0.2, 0.25) is 5.02 Å². The summed E-state index contributed by atoms with van der Waals surface area (Å²) < 4.78 is 2.02. The van der Waals surface area contributed by atoms with Crippen LogP contribution in [0.15, 0.2) is 12.3 Å². The Morgan fingerprint density at radius 1 is 1.50 bits per heavy atom. The van der Waals surface area contributed by atoms with Crippen molar-refractivity contribution in [1.29, 1.82) is 0 Å². The largest absolute Gasteiger partial charge is 0.324 e. The highest BCUT2D eigenvalue weighted by Gasteiger charge is 2.16. The smallest absolute Gasteiger partial charge is 0.160 e. The van der Waals surface area contributed by atoms with Crippen LogP contribution in [0.25, 0.3) is 11.2 Å². The molecular weight excluding hydrogens is 224 g/mol. The van der Waals surface area contributed by atoms with Crippen molar-refractivity contribution in [3.05, 3.63) is 23.1 Å². The molecule has 2 rings (SSSR count). The minimum absolute atomic E-state index is 0.292. The number of aryl methyl sites for hydroxylation is 1. The van der Waals surface area contributed by atoms with Crippen LogP contribution in [0.5, 0.6) is 0 Å². The number of hydrogen-bond donors (Lipinski definition) is 1. The van der Waals surface area contributed by atoms with Crippen molar-refractivity contribution < 1.29 is 0 Å². The Balaban J connectivity index is 2.56. The second-order valence-corrected chi connectivity index (χ2v) is 5.17. The lowest BCUT2D eigenvalue weighted by atomic mass is 10.1. The topological polar surface area (TPSA) is 56.7 Å². The molecule has 0 atom stereocenters. The van der Waals surface area contributed by atoms with Gasteiger partial charge in [0.25, 0.3) is 0 Å². The number of aromatic nitrogens is 3. The molecule has 2 aromatic rings. The van der Waals surface area contributed by atoms with Gasteiger partial charge in [0.05, 0.1) is 5.02 Å². The van der Waals surface area contributed by atoms with Gasteiger partial charge in [-0.1, -0.05) is 11.6 Å². The van der Waals surface area contributed by atoms with E-state index in [4.69, 9.17) is 17.3 Å². The van der Waals surface area contributed by atoms with Crippen LogP contribution in [-0.2, 0) is 6.54 Å². The average Bonchev–Trinajstić information content (AvgIpc) is 2.40. The first-order valence-corrected chi connectivity index (χ1v) is 5.52. The standard InChI is InChI=1S/C11H15ClN4/c1-7-15-9-4-8(12)5-14-10(9)16(7)6-11(2,3)13/h4-5H,6,13H2,1-3H3. The SMILES string of the molecule is Cc1nc2cc(Cl)cnc2n1CC(C)(C)N. The molecule has 5 heteroatoms. The molecule has 2 aromatic heterocycles. The van der Waals surface area contributed by atoms with E-state index in [1.807, 2.05) is 31.4 Å². The molecule has 0 aliphatic rings. The first kappa shape index (κ1) is 11.4. The summed E-state index contributed by atoms with van der Waals surface area (Å²) in [6.07, 6.45) is 1.63. The molecule has 0 aliphatic heterocycles. The van der Waals surface area contributed by atoms with Crippen LogP contribution in [0.4, 0.5) is 0 Å². The van der Waals surface area contributed by atoms with Crippen LogP contribution in [0, 0.1) is 6.92 Å². The van der Waals surface area contributed by atoms with Gasteiger partial charge in [-0.15, -0.1) is 0 Å². The van der Waals surface area contributed by atoms with Crippen LogP contribution < -0.4 is 5.73 Å². The minimum Gasteiger partial charge on any atom is -0.324 e. The highest BCUT2D eigenvalue weighted by molar-refractivity contribution is 6.31.